The molecule has 2 N–H and O–H groups in total. The zero-order valence-electron chi connectivity index (χ0n) is 16.2. The minimum Gasteiger partial charge on any atom is -0.490 e. The molecule has 2 amide bonds. The van der Waals surface area contributed by atoms with E-state index < -0.39 is 0 Å². The summed E-state index contributed by atoms with van der Waals surface area (Å²) in [6.45, 7) is 5.11. The van der Waals surface area contributed by atoms with E-state index in [2.05, 4.69) is 10.6 Å². The Labute approximate surface area is 165 Å². The summed E-state index contributed by atoms with van der Waals surface area (Å²) in [5.41, 5.74) is 1.62. The molecule has 1 fully saturated rings. The summed E-state index contributed by atoms with van der Waals surface area (Å²) in [6, 6.07) is 13.9. The Morgan fingerprint density at radius 3 is 2.54 bits per heavy atom. The van der Waals surface area contributed by atoms with Gasteiger partial charge in [0.15, 0.2) is 0 Å². The number of carbonyl (C=O) groups excluding carboxylic acids is 2. The van der Waals surface area contributed by atoms with Crippen LogP contribution in [0, 0.1) is 0 Å². The van der Waals surface area contributed by atoms with Gasteiger partial charge in [-0.15, -0.1) is 0 Å². The van der Waals surface area contributed by atoms with E-state index in [0.717, 1.165) is 19.4 Å². The van der Waals surface area contributed by atoms with E-state index in [4.69, 9.17) is 9.47 Å². The Kier molecular flexibility index (Phi) is 6.66. The zero-order valence-corrected chi connectivity index (χ0v) is 16.2. The predicted octanol–water partition coefficient (Wildman–Crippen LogP) is 3.63. The quantitative estimate of drug-likeness (QED) is 0.767. The van der Waals surface area contributed by atoms with Gasteiger partial charge >= 0.3 is 0 Å². The maximum atomic E-state index is 12.6. The molecule has 1 aliphatic heterocycles. The van der Waals surface area contributed by atoms with Gasteiger partial charge in [-0.25, -0.2) is 0 Å². The third-order valence-corrected chi connectivity index (χ3v) is 4.41. The highest BCUT2D eigenvalue weighted by molar-refractivity contribution is 6.06. The fourth-order valence-electron chi connectivity index (χ4n) is 3.03. The second kappa shape index (κ2) is 9.37. The summed E-state index contributed by atoms with van der Waals surface area (Å²) in [5.74, 6) is 0.135. The number of para-hydroxylation sites is 1. The van der Waals surface area contributed by atoms with Crippen LogP contribution in [0.25, 0.3) is 0 Å². The van der Waals surface area contributed by atoms with Crippen molar-refractivity contribution in [2.45, 2.75) is 38.9 Å². The van der Waals surface area contributed by atoms with Gasteiger partial charge in [0.25, 0.3) is 11.8 Å². The van der Waals surface area contributed by atoms with Gasteiger partial charge in [-0.3, -0.25) is 9.59 Å². The van der Waals surface area contributed by atoms with Crippen molar-refractivity contribution in [2.75, 3.05) is 18.5 Å². The fraction of sp³-hybridized carbons (Fsp3) is 0.364. The summed E-state index contributed by atoms with van der Waals surface area (Å²) in [4.78, 5) is 24.8. The zero-order chi connectivity index (χ0) is 19.9. The molecule has 0 unspecified atom stereocenters. The summed E-state index contributed by atoms with van der Waals surface area (Å²) in [6.07, 6.45) is 2.10. The van der Waals surface area contributed by atoms with E-state index in [-0.39, 0.29) is 24.0 Å². The highest BCUT2D eigenvalue weighted by Gasteiger charge is 2.17. The molecule has 0 spiro atoms. The molecule has 0 radical (unpaired) electrons. The molecule has 0 saturated carbocycles. The Morgan fingerprint density at radius 1 is 1.11 bits per heavy atom. The van der Waals surface area contributed by atoms with Gasteiger partial charge in [-0.05, 0) is 63.1 Å². The first-order valence-electron chi connectivity index (χ1n) is 9.60. The lowest BCUT2D eigenvalue weighted by atomic mass is 10.1. The first kappa shape index (κ1) is 19.9. The average molecular weight is 382 g/mol. The number of nitrogens with one attached hydrogen (secondary N) is 2. The first-order valence-corrected chi connectivity index (χ1v) is 9.60. The van der Waals surface area contributed by atoms with Crippen molar-refractivity contribution in [1.29, 1.82) is 0 Å². The summed E-state index contributed by atoms with van der Waals surface area (Å²) in [5, 5.41) is 5.73. The number of hydrogen-bond donors (Lipinski definition) is 2. The molecule has 0 aromatic heterocycles. The SMILES string of the molecule is CC(C)Oc1ccccc1C(=O)Nc1ccc(C(=O)NC[C@H]2CCCO2)cc1. The van der Waals surface area contributed by atoms with Crippen molar-refractivity contribution < 1.29 is 19.1 Å². The van der Waals surface area contributed by atoms with Crippen LogP contribution in [0.15, 0.2) is 48.5 Å². The van der Waals surface area contributed by atoms with Crippen LogP contribution in [-0.4, -0.2) is 37.2 Å². The Bertz CT molecular complexity index is 812. The topological polar surface area (TPSA) is 76.7 Å². The molecule has 3 rings (SSSR count). The Balaban J connectivity index is 1.59. The molecule has 1 atom stereocenters. The summed E-state index contributed by atoms with van der Waals surface area (Å²) in [7, 11) is 0. The highest BCUT2D eigenvalue weighted by atomic mass is 16.5. The maximum absolute atomic E-state index is 12.6. The van der Waals surface area contributed by atoms with E-state index >= 15 is 0 Å². The van der Waals surface area contributed by atoms with Crippen LogP contribution < -0.4 is 15.4 Å². The van der Waals surface area contributed by atoms with E-state index in [1.165, 1.54) is 0 Å². The second-order valence-electron chi connectivity index (χ2n) is 7.04. The van der Waals surface area contributed by atoms with E-state index in [1.54, 1.807) is 42.5 Å². The largest absolute Gasteiger partial charge is 0.490 e. The lowest BCUT2D eigenvalue weighted by Crippen LogP contribution is -2.31. The number of carbonyl (C=O) groups is 2. The lowest BCUT2D eigenvalue weighted by Gasteiger charge is -2.14. The standard InChI is InChI=1S/C22H26N2O4/c1-15(2)28-20-8-4-3-7-19(20)22(26)24-17-11-9-16(10-12-17)21(25)23-14-18-6-5-13-27-18/h3-4,7-12,15,18H,5-6,13-14H2,1-2H3,(H,23,25)(H,24,26)/t18-/m1/s1. The summed E-state index contributed by atoms with van der Waals surface area (Å²) < 4.78 is 11.2. The van der Waals surface area contributed by atoms with E-state index in [9.17, 15) is 9.59 Å². The number of ether oxygens (including phenoxy) is 2. The number of benzene rings is 2. The first-order chi connectivity index (χ1) is 13.5. The molecule has 2 aromatic carbocycles. The van der Waals surface area contributed by atoms with Crippen molar-refractivity contribution in [1.82, 2.24) is 5.32 Å². The molecule has 1 saturated heterocycles. The molecule has 1 heterocycles. The molecular weight excluding hydrogens is 356 g/mol. The van der Waals surface area contributed by atoms with Gasteiger partial charge in [0.2, 0.25) is 0 Å². The molecule has 6 heteroatoms. The van der Waals surface area contributed by atoms with Gasteiger partial charge in [-0.2, -0.15) is 0 Å². The van der Waals surface area contributed by atoms with Crippen molar-refractivity contribution in [3.8, 4) is 5.75 Å². The molecule has 148 valence electrons. The van der Waals surface area contributed by atoms with Crippen molar-refractivity contribution >= 4 is 17.5 Å². The van der Waals surface area contributed by atoms with Crippen LogP contribution >= 0.6 is 0 Å². The van der Waals surface area contributed by atoms with Gasteiger partial charge in [0, 0.05) is 24.4 Å². The Hall–Kier alpha value is -2.86. The number of hydrogen-bond acceptors (Lipinski definition) is 4. The van der Waals surface area contributed by atoms with Crippen LogP contribution in [0.2, 0.25) is 0 Å². The van der Waals surface area contributed by atoms with Gasteiger partial charge in [0.05, 0.1) is 17.8 Å². The average Bonchev–Trinajstić information content (AvgIpc) is 3.20. The van der Waals surface area contributed by atoms with Gasteiger partial charge in [-0.1, -0.05) is 12.1 Å². The molecule has 0 bridgehead atoms. The fourth-order valence-corrected chi connectivity index (χ4v) is 3.03. The molecular formula is C22H26N2O4. The lowest BCUT2D eigenvalue weighted by molar-refractivity contribution is 0.0857. The molecule has 2 aromatic rings. The maximum Gasteiger partial charge on any atom is 0.259 e. The molecule has 6 nitrogen and oxygen atoms in total. The highest BCUT2D eigenvalue weighted by Crippen LogP contribution is 2.21. The van der Waals surface area contributed by atoms with E-state index in [0.29, 0.717) is 29.1 Å². The number of rotatable bonds is 7. The third-order valence-electron chi connectivity index (χ3n) is 4.41. The van der Waals surface area contributed by atoms with E-state index in [1.807, 2.05) is 19.9 Å². The monoisotopic (exact) mass is 382 g/mol. The second-order valence-corrected chi connectivity index (χ2v) is 7.04. The molecule has 0 aliphatic carbocycles. The van der Waals surface area contributed by atoms with Gasteiger partial charge < -0.3 is 20.1 Å². The third kappa shape index (κ3) is 5.33. The van der Waals surface area contributed by atoms with Crippen LogP contribution in [0.5, 0.6) is 5.75 Å². The van der Waals surface area contributed by atoms with Crippen LogP contribution in [0.4, 0.5) is 5.69 Å². The van der Waals surface area contributed by atoms with Crippen LogP contribution in [0.1, 0.15) is 47.4 Å². The number of amides is 2. The number of anilines is 1. The smallest absolute Gasteiger partial charge is 0.259 e. The molecule has 28 heavy (non-hydrogen) atoms. The van der Waals surface area contributed by atoms with Crippen molar-refractivity contribution in [2.24, 2.45) is 0 Å². The van der Waals surface area contributed by atoms with Crippen LogP contribution in [0.3, 0.4) is 0 Å². The van der Waals surface area contributed by atoms with Gasteiger partial charge in [0.1, 0.15) is 5.75 Å². The van der Waals surface area contributed by atoms with Crippen LogP contribution in [-0.2, 0) is 4.74 Å². The molecule has 1 aliphatic rings. The minimum absolute atomic E-state index is 0.0265. The van der Waals surface area contributed by atoms with Crippen molar-refractivity contribution in [3.05, 3.63) is 59.7 Å². The Morgan fingerprint density at radius 2 is 1.86 bits per heavy atom. The predicted molar refractivity (Wildman–Crippen MR) is 108 cm³/mol. The van der Waals surface area contributed by atoms with Crippen molar-refractivity contribution in [3.63, 3.8) is 0 Å². The summed E-state index contributed by atoms with van der Waals surface area (Å²) >= 11 is 0. The minimum atomic E-state index is -0.258. The normalized spacial score (nSPS) is 16.0.